The quantitative estimate of drug-likeness (QED) is 0.847. The number of rotatable bonds is 5. The van der Waals surface area contributed by atoms with Crippen LogP contribution in [0.15, 0.2) is 54.6 Å². The van der Waals surface area contributed by atoms with Gasteiger partial charge in [0, 0.05) is 17.3 Å². The van der Waals surface area contributed by atoms with Crippen LogP contribution in [0.3, 0.4) is 0 Å². The van der Waals surface area contributed by atoms with Crippen molar-refractivity contribution in [2.75, 3.05) is 11.9 Å². The Morgan fingerprint density at radius 3 is 2.81 bits per heavy atom. The van der Waals surface area contributed by atoms with Crippen molar-refractivity contribution in [1.82, 2.24) is 0 Å². The summed E-state index contributed by atoms with van der Waals surface area (Å²) >= 11 is 0. The van der Waals surface area contributed by atoms with Crippen molar-refractivity contribution < 1.29 is 13.9 Å². The SMILES string of the molecule is CCOc1ccccc1/C=C/C(=O)Nc1cccc(F)c1. The topological polar surface area (TPSA) is 38.3 Å². The van der Waals surface area contributed by atoms with E-state index in [0.29, 0.717) is 12.3 Å². The number of amides is 1. The molecule has 0 aromatic heterocycles. The maximum atomic E-state index is 13.0. The van der Waals surface area contributed by atoms with Crippen molar-refractivity contribution in [2.24, 2.45) is 0 Å². The van der Waals surface area contributed by atoms with Crippen molar-refractivity contribution >= 4 is 17.7 Å². The lowest BCUT2D eigenvalue weighted by atomic mass is 10.2. The normalized spacial score (nSPS) is 10.6. The molecular weight excluding hydrogens is 269 g/mol. The maximum absolute atomic E-state index is 13.0. The van der Waals surface area contributed by atoms with Gasteiger partial charge >= 0.3 is 0 Å². The molecular formula is C17H16FNO2. The summed E-state index contributed by atoms with van der Waals surface area (Å²) in [5.41, 5.74) is 1.23. The molecule has 0 heterocycles. The standard InChI is InChI=1S/C17H16FNO2/c1-2-21-16-9-4-3-6-13(16)10-11-17(20)19-15-8-5-7-14(18)12-15/h3-12H,2H2,1H3,(H,19,20)/b11-10+. The summed E-state index contributed by atoms with van der Waals surface area (Å²) in [5.74, 6) is 0.000165. The zero-order valence-electron chi connectivity index (χ0n) is 11.7. The highest BCUT2D eigenvalue weighted by Crippen LogP contribution is 2.19. The smallest absolute Gasteiger partial charge is 0.248 e. The van der Waals surface area contributed by atoms with E-state index in [-0.39, 0.29) is 5.91 Å². The third-order valence-electron chi connectivity index (χ3n) is 2.73. The highest BCUT2D eigenvalue weighted by molar-refractivity contribution is 6.02. The predicted octanol–water partition coefficient (Wildman–Crippen LogP) is 3.88. The largest absolute Gasteiger partial charge is 0.493 e. The number of carbonyl (C=O) groups excluding carboxylic acids is 1. The Morgan fingerprint density at radius 2 is 2.05 bits per heavy atom. The van der Waals surface area contributed by atoms with E-state index in [0.717, 1.165) is 11.3 Å². The van der Waals surface area contributed by atoms with Gasteiger partial charge in [0.1, 0.15) is 11.6 Å². The first kappa shape index (κ1) is 14.8. The third-order valence-corrected chi connectivity index (χ3v) is 2.73. The number of nitrogens with one attached hydrogen (secondary N) is 1. The van der Waals surface area contributed by atoms with Crippen LogP contribution in [0.1, 0.15) is 12.5 Å². The monoisotopic (exact) mass is 285 g/mol. The summed E-state index contributed by atoms with van der Waals surface area (Å²) in [6.45, 7) is 2.46. The van der Waals surface area contributed by atoms with Gasteiger partial charge in [-0.3, -0.25) is 4.79 Å². The number of benzene rings is 2. The van der Waals surface area contributed by atoms with Gasteiger partial charge in [-0.05, 0) is 37.3 Å². The van der Waals surface area contributed by atoms with E-state index in [1.807, 2.05) is 31.2 Å². The first-order chi connectivity index (χ1) is 10.2. The van der Waals surface area contributed by atoms with Crippen LogP contribution in [0.25, 0.3) is 6.08 Å². The van der Waals surface area contributed by atoms with Gasteiger partial charge in [-0.1, -0.05) is 24.3 Å². The summed E-state index contributed by atoms with van der Waals surface area (Å²) < 4.78 is 18.5. The first-order valence-corrected chi connectivity index (χ1v) is 6.65. The second kappa shape index (κ2) is 7.24. The molecule has 3 nitrogen and oxygen atoms in total. The zero-order chi connectivity index (χ0) is 15.1. The van der Waals surface area contributed by atoms with Crippen LogP contribution < -0.4 is 10.1 Å². The molecule has 0 saturated carbocycles. The Hall–Kier alpha value is -2.62. The van der Waals surface area contributed by atoms with Crippen LogP contribution >= 0.6 is 0 Å². The Kier molecular flexibility index (Phi) is 5.10. The molecule has 0 saturated heterocycles. The van der Waals surface area contributed by atoms with Crippen LogP contribution in [0.2, 0.25) is 0 Å². The molecule has 0 spiro atoms. The van der Waals surface area contributed by atoms with E-state index in [1.165, 1.54) is 18.2 Å². The predicted molar refractivity (Wildman–Crippen MR) is 81.7 cm³/mol. The van der Waals surface area contributed by atoms with Crippen LogP contribution in [0.4, 0.5) is 10.1 Å². The van der Waals surface area contributed by atoms with E-state index in [1.54, 1.807) is 18.2 Å². The van der Waals surface area contributed by atoms with E-state index in [4.69, 9.17) is 4.74 Å². The molecule has 1 N–H and O–H groups in total. The molecule has 0 radical (unpaired) electrons. The minimum Gasteiger partial charge on any atom is -0.493 e. The van der Waals surface area contributed by atoms with Crippen molar-refractivity contribution in [2.45, 2.75) is 6.92 Å². The number of halogens is 1. The van der Waals surface area contributed by atoms with Gasteiger partial charge in [0.05, 0.1) is 6.61 Å². The molecule has 108 valence electrons. The molecule has 0 aliphatic heterocycles. The average Bonchev–Trinajstić information content (AvgIpc) is 2.47. The fourth-order valence-corrected chi connectivity index (χ4v) is 1.82. The fraction of sp³-hybridized carbons (Fsp3) is 0.118. The summed E-state index contributed by atoms with van der Waals surface area (Å²) in [5, 5.41) is 2.60. The number of para-hydroxylation sites is 1. The summed E-state index contributed by atoms with van der Waals surface area (Å²) in [7, 11) is 0. The first-order valence-electron chi connectivity index (χ1n) is 6.65. The second-order valence-electron chi connectivity index (χ2n) is 4.30. The molecule has 2 rings (SSSR count). The van der Waals surface area contributed by atoms with Gasteiger partial charge in [-0.15, -0.1) is 0 Å². The molecule has 0 fully saturated rings. The Morgan fingerprint density at radius 1 is 1.24 bits per heavy atom. The van der Waals surface area contributed by atoms with Crippen LogP contribution in [-0.2, 0) is 4.79 Å². The average molecular weight is 285 g/mol. The van der Waals surface area contributed by atoms with Crippen molar-refractivity contribution in [3.05, 3.63) is 66.0 Å². The minimum atomic E-state index is -0.390. The van der Waals surface area contributed by atoms with Gasteiger partial charge in [0.15, 0.2) is 0 Å². The van der Waals surface area contributed by atoms with Gasteiger partial charge in [-0.2, -0.15) is 0 Å². The van der Waals surface area contributed by atoms with Gasteiger partial charge in [0.25, 0.3) is 0 Å². The van der Waals surface area contributed by atoms with E-state index >= 15 is 0 Å². The van der Waals surface area contributed by atoms with Crippen molar-refractivity contribution in [1.29, 1.82) is 0 Å². The molecule has 0 bridgehead atoms. The number of hydrogen-bond acceptors (Lipinski definition) is 2. The maximum Gasteiger partial charge on any atom is 0.248 e. The summed E-state index contributed by atoms with van der Waals surface area (Å²) in [6, 6.07) is 13.2. The van der Waals surface area contributed by atoms with Crippen molar-refractivity contribution in [3.8, 4) is 5.75 Å². The number of ether oxygens (including phenoxy) is 1. The Bertz CT molecular complexity index is 653. The van der Waals surface area contributed by atoms with Gasteiger partial charge < -0.3 is 10.1 Å². The molecule has 2 aromatic rings. The summed E-state index contributed by atoms with van der Waals surface area (Å²) in [6.07, 6.45) is 3.06. The molecule has 1 amide bonds. The Labute approximate surface area is 123 Å². The lowest BCUT2D eigenvalue weighted by Gasteiger charge is -2.06. The highest BCUT2D eigenvalue weighted by Gasteiger charge is 2.01. The molecule has 4 heteroatoms. The number of anilines is 1. The second-order valence-corrected chi connectivity index (χ2v) is 4.30. The van der Waals surface area contributed by atoms with E-state index < -0.39 is 5.82 Å². The fourth-order valence-electron chi connectivity index (χ4n) is 1.82. The number of carbonyl (C=O) groups is 1. The lowest BCUT2D eigenvalue weighted by Crippen LogP contribution is -2.07. The van der Waals surface area contributed by atoms with Crippen LogP contribution in [-0.4, -0.2) is 12.5 Å². The lowest BCUT2D eigenvalue weighted by molar-refractivity contribution is -0.111. The molecule has 21 heavy (non-hydrogen) atoms. The highest BCUT2D eigenvalue weighted by atomic mass is 19.1. The molecule has 0 aliphatic carbocycles. The van der Waals surface area contributed by atoms with Gasteiger partial charge in [0.2, 0.25) is 5.91 Å². The molecule has 0 aliphatic rings. The van der Waals surface area contributed by atoms with Crippen molar-refractivity contribution in [3.63, 3.8) is 0 Å². The van der Waals surface area contributed by atoms with E-state index in [9.17, 15) is 9.18 Å². The molecule has 2 aromatic carbocycles. The molecule has 0 unspecified atom stereocenters. The van der Waals surface area contributed by atoms with Crippen LogP contribution in [0.5, 0.6) is 5.75 Å². The summed E-state index contributed by atoms with van der Waals surface area (Å²) in [4.78, 5) is 11.8. The minimum absolute atomic E-state index is 0.327. The molecule has 0 atom stereocenters. The van der Waals surface area contributed by atoms with E-state index in [2.05, 4.69) is 5.32 Å². The third kappa shape index (κ3) is 4.45. The van der Waals surface area contributed by atoms with Crippen LogP contribution in [0, 0.1) is 5.82 Å². The zero-order valence-corrected chi connectivity index (χ0v) is 11.7. The Balaban J connectivity index is 2.05. The number of hydrogen-bond donors (Lipinski definition) is 1. The van der Waals surface area contributed by atoms with Gasteiger partial charge in [-0.25, -0.2) is 4.39 Å².